The summed E-state index contributed by atoms with van der Waals surface area (Å²) >= 11 is 0. The van der Waals surface area contributed by atoms with Crippen molar-refractivity contribution in [3.05, 3.63) is 29.8 Å². The van der Waals surface area contributed by atoms with E-state index in [9.17, 15) is 9.59 Å². The highest BCUT2D eigenvalue weighted by Gasteiger charge is 2.45. The minimum absolute atomic E-state index is 0.0730. The molecule has 0 radical (unpaired) electrons. The summed E-state index contributed by atoms with van der Waals surface area (Å²) in [4.78, 5) is 32.2. The van der Waals surface area contributed by atoms with Gasteiger partial charge in [0, 0.05) is 49.9 Å². The van der Waals surface area contributed by atoms with E-state index in [4.69, 9.17) is 0 Å². The van der Waals surface area contributed by atoms with Crippen LogP contribution < -0.4 is 10.2 Å². The van der Waals surface area contributed by atoms with Gasteiger partial charge in [0.1, 0.15) is 6.04 Å². The molecule has 1 aromatic carbocycles. The van der Waals surface area contributed by atoms with E-state index in [2.05, 4.69) is 42.1 Å². The zero-order valence-electron chi connectivity index (χ0n) is 17.2. The standard InChI is InChI=1S/C22H32N4O2/c1-15(2)25-13-11-19-21(25)22(28)23-14-17(24(19)3)8-9-20(27)26-12-10-16-6-4-5-7-18(16)26/h4-7,15,17,19,21H,8-14H2,1-3H3,(H,23,28)/t17-,19+,21-/m0/s1. The van der Waals surface area contributed by atoms with Crippen molar-refractivity contribution in [3.8, 4) is 0 Å². The first kappa shape index (κ1) is 19.4. The number of para-hydroxylation sites is 1. The summed E-state index contributed by atoms with van der Waals surface area (Å²) in [7, 11) is 2.13. The lowest BCUT2D eigenvalue weighted by Gasteiger charge is -2.34. The van der Waals surface area contributed by atoms with E-state index < -0.39 is 0 Å². The van der Waals surface area contributed by atoms with Crippen LogP contribution in [0.15, 0.2) is 24.3 Å². The number of likely N-dealkylation sites (N-methyl/N-ethyl adjacent to an activating group) is 1. The number of carbonyl (C=O) groups excluding carboxylic acids is 2. The summed E-state index contributed by atoms with van der Waals surface area (Å²) < 4.78 is 0. The van der Waals surface area contributed by atoms with Crippen LogP contribution in [-0.4, -0.2) is 72.5 Å². The average molecular weight is 385 g/mol. The van der Waals surface area contributed by atoms with Crippen LogP contribution >= 0.6 is 0 Å². The number of fused-ring (bicyclic) bond motifs is 2. The molecule has 4 rings (SSSR count). The van der Waals surface area contributed by atoms with E-state index >= 15 is 0 Å². The molecule has 152 valence electrons. The number of likely N-dealkylation sites (tertiary alicyclic amines) is 1. The van der Waals surface area contributed by atoms with E-state index in [0.717, 1.165) is 38.0 Å². The monoisotopic (exact) mass is 384 g/mol. The second-order valence-corrected chi connectivity index (χ2v) is 8.66. The molecule has 3 atom stereocenters. The number of hydrogen-bond donors (Lipinski definition) is 1. The smallest absolute Gasteiger partial charge is 0.239 e. The molecule has 0 saturated carbocycles. The maximum atomic E-state index is 12.9. The summed E-state index contributed by atoms with van der Waals surface area (Å²) in [5.74, 6) is 0.339. The number of rotatable bonds is 4. The Labute approximate surface area is 167 Å². The fraction of sp³-hybridized carbons (Fsp3) is 0.636. The Morgan fingerprint density at radius 1 is 1.25 bits per heavy atom. The van der Waals surface area contributed by atoms with Gasteiger partial charge in [0.05, 0.1) is 0 Å². The van der Waals surface area contributed by atoms with Crippen molar-refractivity contribution in [2.24, 2.45) is 0 Å². The Kier molecular flexibility index (Phi) is 5.43. The minimum Gasteiger partial charge on any atom is -0.353 e. The van der Waals surface area contributed by atoms with E-state index in [1.54, 1.807) is 0 Å². The minimum atomic E-state index is -0.0730. The Bertz CT molecular complexity index is 750. The first-order valence-electron chi connectivity index (χ1n) is 10.6. The zero-order valence-corrected chi connectivity index (χ0v) is 17.2. The van der Waals surface area contributed by atoms with Crippen LogP contribution in [0.5, 0.6) is 0 Å². The number of hydrogen-bond acceptors (Lipinski definition) is 4. The third-order valence-corrected chi connectivity index (χ3v) is 6.83. The van der Waals surface area contributed by atoms with Crippen molar-refractivity contribution < 1.29 is 9.59 Å². The molecule has 3 heterocycles. The highest BCUT2D eigenvalue weighted by Crippen LogP contribution is 2.30. The quantitative estimate of drug-likeness (QED) is 0.858. The number of amides is 2. The van der Waals surface area contributed by atoms with Crippen LogP contribution in [0, 0.1) is 0 Å². The number of carbonyl (C=O) groups is 2. The van der Waals surface area contributed by atoms with Gasteiger partial charge in [-0.3, -0.25) is 19.4 Å². The molecule has 6 heteroatoms. The van der Waals surface area contributed by atoms with Crippen molar-refractivity contribution in [1.29, 1.82) is 0 Å². The zero-order chi connectivity index (χ0) is 19.8. The average Bonchev–Trinajstić information content (AvgIpc) is 3.29. The van der Waals surface area contributed by atoms with Crippen molar-refractivity contribution in [3.63, 3.8) is 0 Å². The van der Waals surface area contributed by atoms with Gasteiger partial charge in [0.25, 0.3) is 0 Å². The summed E-state index contributed by atoms with van der Waals surface area (Å²) in [6, 6.07) is 8.91. The maximum Gasteiger partial charge on any atom is 0.239 e. The van der Waals surface area contributed by atoms with E-state index in [-0.39, 0.29) is 29.9 Å². The van der Waals surface area contributed by atoms with Crippen LogP contribution in [0.2, 0.25) is 0 Å². The molecule has 0 aliphatic carbocycles. The lowest BCUT2D eigenvalue weighted by atomic mass is 10.0. The summed E-state index contributed by atoms with van der Waals surface area (Å²) in [5.41, 5.74) is 2.33. The fourth-order valence-corrected chi connectivity index (χ4v) is 5.20. The third-order valence-electron chi connectivity index (χ3n) is 6.83. The molecule has 3 aliphatic rings. The normalized spacial score (nSPS) is 28.2. The van der Waals surface area contributed by atoms with Gasteiger partial charge in [-0.05, 0) is 51.8 Å². The number of nitrogens with zero attached hydrogens (tertiary/aromatic N) is 3. The topological polar surface area (TPSA) is 55.9 Å². The molecule has 0 unspecified atom stereocenters. The van der Waals surface area contributed by atoms with Crippen molar-refractivity contribution >= 4 is 17.5 Å². The number of benzene rings is 1. The van der Waals surface area contributed by atoms with Crippen molar-refractivity contribution in [1.82, 2.24) is 15.1 Å². The molecule has 2 saturated heterocycles. The SMILES string of the molecule is CC(C)N1CC[C@@H]2[C@H]1C(=O)NC[C@H](CCC(=O)N1CCc3ccccc31)N2C. The highest BCUT2D eigenvalue weighted by molar-refractivity contribution is 5.95. The van der Waals surface area contributed by atoms with Gasteiger partial charge in [-0.15, -0.1) is 0 Å². The predicted octanol–water partition coefficient (Wildman–Crippen LogP) is 1.64. The van der Waals surface area contributed by atoms with Gasteiger partial charge < -0.3 is 10.2 Å². The van der Waals surface area contributed by atoms with Crippen LogP contribution in [0.25, 0.3) is 0 Å². The van der Waals surface area contributed by atoms with E-state index in [0.29, 0.717) is 19.0 Å². The Morgan fingerprint density at radius 3 is 2.82 bits per heavy atom. The van der Waals surface area contributed by atoms with Crippen LogP contribution in [0.3, 0.4) is 0 Å². The van der Waals surface area contributed by atoms with E-state index in [1.807, 2.05) is 23.1 Å². The summed E-state index contributed by atoms with van der Waals surface area (Å²) in [6.45, 7) is 6.68. The first-order valence-corrected chi connectivity index (χ1v) is 10.6. The van der Waals surface area contributed by atoms with Gasteiger partial charge in [-0.1, -0.05) is 18.2 Å². The molecular weight excluding hydrogens is 352 g/mol. The molecular formula is C22H32N4O2. The molecule has 0 spiro atoms. The van der Waals surface area contributed by atoms with Crippen molar-refractivity contribution in [2.45, 2.75) is 63.7 Å². The van der Waals surface area contributed by atoms with Gasteiger partial charge >= 0.3 is 0 Å². The second-order valence-electron chi connectivity index (χ2n) is 8.66. The largest absolute Gasteiger partial charge is 0.353 e. The first-order chi connectivity index (χ1) is 13.5. The molecule has 3 aliphatic heterocycles. The predicted molar refractivity (Wildman–Crippen MR) is 110 cm³/mol. The molecule has 1 aromatic rings. The molecule has 6 nitrogen and oxygen atoms in total. The van der Waals surface area contributed by atoms with Gasteiger partial charge in [0.2, 0.25) is 11.8 Å². The van der Waals surface area contributed by atoms with Gasteiger partial charge in [-0.2, -0.15) is 0 Å². The Balaban J connectivity index is 1.40. The Morgan fingerprint density at radius 2 is 2.04 bits per heavy atom. The van der Waals surface area contributed by atoms with Crippen LogP contribution in [0.4, 0.5) is 5.69 Å². The second kappa shape index (κ2) is 7.84. The highest BCUT2D eigenvalue weighted by atomic mass is 16.2. The molecule has 28 heavy (non-hydrogen) atoms. The molecule has 0 aromatic heterocycles. The fourth-order valence-electron chi connectivity index (χ4n) is 5.20. The lowest BCUT2D eigenvalue weighted by molar-refractivity contribution is -0.126. The molecule has 2 fully saturated rings. The van der Waals surface area contributed by atoms with Gasteiger partial charge in [0.15, 0.2) is 0 Å². The molecule has 1 N–H and O–H groups in total. The van der Waals surface area contributed by atoms with Gasteiger partial charge in [-0.25, -0.2) is 0 Å². The van der Waals surface area contributed by atoms with Crippen LogP contribution in [-0.2, 0) is 16.0 Å². The Hall–Kier alpha value is -1.92. The summed E-state index contributed by atoms with van der Waals surface area (Å²) in [5, 5.41) is 3.14. The number of anilines is 1. The third kappa shape index (κ3) is 3.44. The van der Waals surface area contributed by atoms with Crippen molar-refractivity contribution in [2.75, 3.05) is 31.6 Å². The number of nitrogens with one attached hydrogen (secondary N) is 1. The molecule has 2 amide bonds. The lowest BCUT2D eigenvalue weighted by Crippen LogP contribution is -2.51. The molecule has 0 bridgehead atoms. The maximum absolute atomic E-state index is 12.9. The van der Waals surface area contributed by atoms with E-state index in [1.165, 1.54) is 5.56 Å². The summed E-state index contributed by atoms with van der Waals surface area (Å²) in [6.07, 6.45) is 3.25. The van der Waals surface area contributed by atoms with Crippen LogP contribution in [0.1, 0.15) is 38.7 Å².